The first-order valence-corrected chi connectivity index (χ1v) is 11.5. The van der Waals surface area contributed by atoms with Crippen molar-refractivity contribution >= 4 is 22.9 Å². The maximum atomic E-state index is 13.1. The molecule has 7 nitrogen and oxygen atoms in total. The molecule has 2 aromatic heterocycles. The van der Waals surface area contributed by atoms with Gasteiger partial charge in [-0.2, -0.15) is 5.10 Å². The SMILES string of the molecule is COc1ccc2c(c1)C[C@H](C(=O)Nc1ccc(-c3cn[nH]c3)cc1OCc1cccs1)CO2. The van der Waals surface area contributed by atoms with Gasteiger partial charge in [0.15, 0.2) is 0 Å². The molecule has 4 aromatic rings. The van der Waals surface area contributed by atoms with Gasteiger partial charge < -0.3 is 19.5 Å². The van der Waals surface area contributed by atoms with Crippen molar-refractivity contribution < 1.29 is 19.0 Å². The van der Waals surface area contributed by atoms with Crippen LogP contribution in [0.3, 0.4) is 0 Å². The normalized spacial score (nSPS) is 14.8. The van der Waals surface area contributed by atoms with Crippen LogP contribution in [0.2, 0.25) is 0 Å². The number of carbonyl (C=O) groups excluding carboxylic acids is 1. The number of methoxy groups -OCH3 is 1. The Morgan fingerprint density at radius 1 is 1.24 bits per heavy atom. The largest absolute Gasteiger partial charge is 0.497 e. The number of rotatable bonds is 7. The molecule has 0 unspecified atom stereocenters. The zero-order chi connectivity index (χ0) is 22.6. The van der Waals surface area contributed by atoms with Crippen LogP contribution in [0.25, 0.3) is 11.1 Å². The summed E-state index contributed by atoms with van der Waals surface area (Å²) < 4.78 is 17.3. The highest BCUT2D eigenvalue weighted by Gasteiger charge is 2.27. The number of benzene rings is 2. The molecular weight excluding hydrogens is 438 g/mol. The summed E-state index contributed by atoms with van der Waals surface area (Å²) in [6.07, 6.45) is 4.15. The molecule has 0 aliphatic carbocycles. The molecule has 2 aromatic carbocycles. The van der Waals surface area contributed by atoms with Crippen molar-refractivity contribution in [3.05, 3.63) is 76.7 Å². The Balaban J connectivity index is 1.35. The molecule has 1 aliphatic heterocycles. The first kappa shape index (κ1) is 21.1. The van der Waals surface area contributed by atoms with Crippen molar-refractivity contribution in [2.45, 2.75) is 13.0 Å². The van der Waals surface area contributed by atoms with Crippen molar-refractivity contribution in [3.8, 4) is 28.4 Å². The smallest absolute Gasteiger partial charge is 0.231 e. The van der Waals surface area contributed by atoms with Crippen LogP contribution in [0, 0.1) is 5.92 Å². The molecule has 0 bridgehead atoms. The average Bonchev–Trinajstić information content (AvgIpc) is 3.57. The number of anilines is 1. The minimum atomic E-state index is -0.316. The Morgan fingerprint density at radius 3 is 2.97 bits per heavy atom. The van der Waals surface area contributed by atoms with Gasteiger partial charge in [-0.05, 0) is 59.3 Å². The number of nitrogens with one attached hydrogen (secondary N) is 2. The lowest BCUT2D eigenvalue weighted by molar-refractivity contribution is -0.121. The molecular formula is C25H23N3O4S. The molecule has 0 saturated carbocycles. The van der Waals surface area contributed by atoms with Crippen LogP contribution in [-0.4, -0.2) is 29.8 Å². The van der Waals surface area contributed by atoms with E-state index in [1.54, 1.807) is 24.6 Å². The highest BCUT2D eigenvalue weighted by atomic mass is 32.1. The van der Waals surface area contributed by atoms with E-state index in [9.17, 15) is 4.79 Å². The van der Waals surface area contributed by atoms with Crippen molar-refractivity contribution in [3.63, 3.8) is 0 Å². The zero-order valence-corrected chi connectivity index (χ0v) is 18.9. The monoisotopic (exact) mass is 461 g/mol. The van der Waals surface area contributed by atoms with Crippen molar-refractivity contribution in [1.29, 1.82) is 0 Å². The minimum absolute atomic E-state index is 0.111. The topological polar surface area (TPSA) is 85.5 Å². The van der Waals surface area contributed by atoms with Gasteiger partial charge in [-0.25, -0.2) is 0 Å². The Hall–Kier alpha value is -3.78. The second-order valence-electron chi connectivity index (χ2n) is 7.74. The fraction of sp³-hybridized carbons (Fsp3) is 0.200. The van der Waals surface area contributed by atoms with Crippen molar-refractivity contribution in [1.82, 2.24) is 10.2 Å². The fourth-order valence-corrected chi connectivity index (χ4v) is 4.39. The molecule has 168 valence electrons. The van der Waals surface area contributed by atoms with Crippen LogP contribution in [0.1, 0.15) is 10.4 Å². The number of carbonyl (C=O) groups is 1. The maximum absolute atomic E-state index is 13.1. The molecule has 0 radical (unpaired) electrons. The van der Waals surface area contributed by atoms with Crippen LogP contribution in [0.15, 0.2) is 66.3 Å². The number of aromatic amines is 1. The highest BCUT2D eigenvalue weighted by Crippen LogP contribution is 2.34. The van der Waals surface area contributed by atoms with Crippen LogP contribution < -0.4 is 19.5 Å². The fourth-order valence-electron chi connectivity index (χ4n) is 3.78. The van der Waals surface area contributed by atoms with Crippen LogP contribution in [0.5, 0.6) is 17.2 Å². The average molecular weight is 462 g/mol. The third-order valence-electron chi connectivity index (χ3n) is 5.57. The summed E-state index contributed by atoms with van der Waals surface area (Å²) in [6.45, 7) is 0.749. The second-order valence-corrected chi connectivity index (χ2v) is 8.77. The van der Waals surface area contributed by atoms with Gasteiger partial charge in [0, 0.05) is 16.6 Å². The highest BCUT2D eigenvalue weighted by molar-refractivity contribution is 7.09. The minimum Gasteiger partial charge on any atom is -0.497 e. The first-order chi connectivity index (χ1) is 16.2. The summed E-state index contributed by atoms with van der Waals surface area (Å²) in [6, 6.07) is 15.4. The number of ether oxygens (including phenoxy) is 3. The Morgan fingerprint density at radius 2 is 2.18 bits per heavy atom. The van der Waals surface area contributed by atoms with E-state index in [1.807, 2.05) is 60.1 Å². The summed E-state index contributed by atoms with van der Waals surface area (Å²) >= 11 is 1.63. The van der Waals surface area contributed by atoms with Crippen LogP contribution >= 0.6 is 11.3 Å². The van der Waals surface area contributed by atoms with E-state index >= 15 is 0 Å². The van der Waals surface area contributed by atoms with Gasteiger partial charge >= 0.3 is 0 Å². The number of aromatic nitrogens is 2. The third-order valence-corrected chi connectivity index (χ3v) is 6.42. The summed E-state index contributed by atoms with van der Waals surface area (Å²) in [7, 11) is 1.63. The van der Waals surface area contributed by atoms with E-state index in [1.165, 1.54) is 0 Å². The van der Waals surface area contributed by atoms with E-state index in [4.69, 9.17) is 14.2 Å². The van der Waals surface area contributed by atoms with Crippen LogP contribution in [-0.2, 0) is 17.8 Å². The number of amides is 1. The summed E-state index contributed by atoms with van der Waals surface area (Å²) in [5.41, 5.74) is 3.48. The van der Waals surface area contributed by atoms with Gasteiger partial charge in [0.2, 0.25) is 5.91 Å². The Bertz CT molecular complexity index is 1240. The van der Waals surface area contributed by atoms with Crippen molar-refractivity contribution in [2.24, 2.45) is 5.92 Å². The Labute approximate surface area is 195 Å². The van der Waals surface area contributed by atoms with E-state index < -0.39 is 0 Å². The molecule has 0 saturated heterocycles. The van der Waals surface area contributed by atoms with Gasteiger partial charge in [-0.15, -0.1) is 11.3 Å². The predicted molar refractivity (Wildman–Crippen MR) is 127 cm³/mol. The molecule has 3 heterocycles. The zero-order valence-electron chi connectivity index (χ0n) is 18.0. The number of H-pyrrole nitrogens is 1. The molecule has 5 rings (SSSR count). The van der Waals surface area contributed by atoms with Gasteiger partial charge in [0.1, 0.15) is 30.5 Å². The standard InChI is InChI=1S/C25H23N3O4S/c1-30-20-5-7-23-17(10-20)9-18(14-31-23)25(29)28-22-6-4-16(19-12-26-27-13-19)11-24(22)32-15-21-3-2-8-33-21/h2-8,10-13,18H,9,14-15H2,1H3,(H,26,27)(H,28,29)/t18-/m0/s1. The van der Waals surface area contributed by atoms with E-state index in [-0.39, 0.29) is 11.8 Å². The number of hydrogen-bond donors (Lipinski definition) is 2. The number of nitrogens with zero attached hydrogens (tertiary/aromatic N) is 1. The Kier molecular flexibility index (Phi) is 5.99. The predicted octanol–water partition coefficient (Wildman–Crippen LogP) is 4.92. The number of thiophene rings is 1. The van der Waals surface area contributed by atoms with Gasteiger partial charge in [0.25, 0.3) is 0 Å². The van der Waals surface area contributed by atoms with E-state index in [0.717, 1.165) is 33.1 Å². The van der Waals surface area contributed by atoms with Crippen LogP contribution in [0.4, 0.5) is 5.69 Å². The first-order valence-electron chi connectivity index (χ1n) is 10.6. The summed E-state index contributed by atoms with van der Waals surface area (Å²) in [4.78, 5) is 14.2. The molecule has 1 aliphatic rings. The number of hydrogen-bond acceptors (Lipinski definition) is 6. The molecule has 0 fully saturated rings. The molecule has 1 amide bonds. The summed E-state index contributed by atoms with van der Waals surface area (Å²) in [5, 5.41) is 11.9. The summed E-state index contributed by atoms with van der Waals surface area (Å²) in [5.74, 6) is 1.72. The molecule has 8 heteroatoms. The second kappa shape index (κ2) is 9.38. The molecule has 0 spiro atoms. The molecule has 33 heavy (non-hydrogen) atoms. The lowest BCUT2D eigenvalue weighted by Crippen LogP contribution is -2.32. The van der Waals surface area contributed by atoms with Gasteiger partial charge in [-0.1, -0.05) is 12.1 Å². The lowest BCUT2D eigenvalue weighted by Gasteiger charge is -2.25. The van der Waals surface area contributed by atoms with E-state index in [2.05, 4.69) is 15.5 Å². The van der Waals surface area contributed by atoms with E-state index in [0.29, 0.717) is 31.1 Å². The maximum Gasteiger partial charge on any atom is 0.231 e. The third kappa shape index (κ3) is 4.70. The van der Waals surface area contributed by atoms with Gasteiger partial charge in [-0.3, -0.25) is 9.89 Å². The lowest BCUT2D eigenvalue weighted by atomic mass is 9.95. The molecule has 1 atom stereocenters. The number of fused-ring (bicyclic) bond motifs is 1. The van der Waals surface area contributed by atoms with Gasteiger partial charge in [0.05, 0.1) is 24.9 Å². The van der Waals surface area contributed by atoms with Crippen molar-refractivity contribution in [2.75, 3.05) is 19.0 Å². The quantitative estimate of drug-likeness (QED) is 0.408. The molecule has 2 N–H and O–H groups in total.